The summed E-state index contributed by atoms with van der Waals surface area (Å²) in [6.45, 7) is 4.44. The Hall–Kier alpha value is 0.170. The van der Waals surface area contributed by atoms with Crippen molar-refractivity contribution >= 4 is 11.6 Å². The molecule has 0 aliphatic rings. The monoisotopic (exact) mass is 196 g/mol. The first-order valence-corrected chi connectivity index (χ1v) is 4.71. The molecule has 0 aromatic carbocycles. The van der Waals surface area contributed by atoms with E-state index >= 15 is 0 Å². The normalized spacial score (nSPS) is 16.0. The highest BCUT2D eigenvalue weighted by molar-refractivity contribution is 6.18. The van der Waals surface area contributed by atoms with Gasteiger partial charge in [-0.25, -0.2) is 0 Å². The number of hydrogen-bond donors (Lipinski definition) is 1. The zero-order valence-corrected chi connectivity index (χ0v) is 8.38. The highest BCUT2D eigenvalue weighted by Crippen LogP contribution is 2.05. The van der Waals surface area contributed by atoms with Crippen LogP contribution in [0.5, 0.6) is 0 Å². The van der Waals surface area contributed by atoms with Gasteiger partial charge in [0.25, 0.3) is 0 Å². The summed E-state index contributed by atoms with van der Waals surface area (Å²) in [5.74, 6) is 0.387. The summed E-state index contributed by atoms with van der Waals surface area (Å²) in [6.07, 6.45) is 0.199. The van der Waals surface area contributed by atoms with Gasteiger partial charge in [0, 0.05) is 19.1 Å². The molecule has 2 atom stereocenters. The van der Waals surface area contributed by atoms with Crippen molar-refractivity contribution in [2.75, 3.05) is 19.1 Å². The quantitative estimate of drug-likeness (QED) is 0.494. The molecule has 0 saturated carbocycles. The van der Waals surface area contributed by atoms with Crippen LogP contribution in [0.3, 0.4) is 0 Å². The molecule has 4 heteroatoms. The molecule has 0 aliphatic heterocycles. The second-order valence-corrected chi connectivity index (χ2v) is 2.76. The minimum atomic E-state index is -0.245. The van der Waals surface area contributed by atoms with Gasteiger partial charge in [-0.2, -0.15) is 0 Å². The Kier molecular flexibility index (Phi) is 7.91. The van der Waals surface area contributed by atoms with Gasteiger partial charge in [0.2, 0.25) is 0 Å². The van der Waals surface area contributed by atoms with E-state index in [1.807, 2.05) is 13.8 Å². The Bertz CT molecular complexity index is 100. The predicted octanol–water partition coefficient (Wildman–Crippen LogP) is 1.38. The number of halogens is 1. The lowest BCUT2D eigenvalue weighted by Gasteiger charge is -2.19. The molecule has 0 aliphatic carbocycles. The molecule has 0 rings (SSSR count). The highest BCUT2D eigenvalue weighted by atomic mass is 35.5. The summed E-state index contributed by atoms with van der Waals surface area (Å²) >= 11 is 5.60. The molecule has 0 spiro atoms. The van der Waals surface area contributed by atoms with Gasteiger partial charge >= 0.3 is 0 Å². The standard InChI is InChI=1S/C8H17ClO3/c1-3-11-7(2)12-8(6-9)4-5-10/h7-8,10H,3-6H2,1-2H3. The molecule has 12 heavy (non-hydrogen) atoms. The maximum absolute atomic E-state index is 8.63. The molecule has 0 fully saturated rings. The number of aliphatic hydroxyl groups excluding tert-OH is 1. The third kappa shape index (κ3) is 5.77. The Morgan fingerprint density at radius 2 is 2.17 bits per heavy atom. The first kappa shape index (κ1) is 12.2. The van der Waals surface area contributed by atoms with Crippen LogP contribution in [-0.2, 0) is 9.47 Å². The zero-order valence-electron chi connectivity index (χ0n) is 7.62. The number of rotatable bonds is 7. The Balaban J connectivity index is 3.53. The van der Waals surface area contributed by atoms with E-state index in [-0.39, 0.29) is 19.0 Å². The van der Waals surface area contributed by atoms with E-state index in [0.717, 1.165) is 0 Å². The van der Waals surface area contributed by atoms with E-state index in [1.54, 1.807) is 0 Å². The van der Waals surface area contributed by atoms with Crippen LogP contribution in [0.25, 0.3) is 0 Å². The van der Waals surface area contributed by atoms with Crippen LogP contribution >= 0.6 is 11.6 Å². The number of alkyl halides is 1. The number of hydrogen-bond acceptors (Lipinski definition) is 3. The molecule has 0 radical (unpaired) electrons. The van der Waals surface area contributed by atoms with E-state index in [4.69, 9.17) is 26.2 Å². The van der Waals surface area contributed by atoms with Crippen molar-refractivity contribution in [3.63, 3.8) is 0 Å². The summed E-state index contributed by atoms with van der Waals surface area (Å²) in [5, 5.41) is 8.63. The van der Waals surface area contributed by atoms with Crippen LogP contribution < -0.4 is 0 Å². The smallest absolute Gasteiger partial charge is 0.155 e. The molecule has 74 valence electrons. The van der Waals surface area contributed by atoms with E-state index in [1.165, 1.54) is 0 Å². The topological polar surface area (TPSA) is 38.7 Å². The van der Waals surface area contributed by atoms with E-state index < -0.39 is 0 Å². The first-order chi connectivity index (χ1) is 5.74. The van der Waals surface area contributed by atoms with Crippen LogP contribution in [0.15, 0.2) is 0 Å². The SMILES string of the molecule is CCOC(C)OC(CCl)CCO. The fourth-order valence-corrected chi connectivity index (χ4v) is 1.10. The molecule has 2 unspecified atom stereocenters. The van der Waals surface area contributed by atoms with Gasteiger partial charge in [-0.05, 0) is 20.3 Å². The fourth-order valence-electron chi connectivity index (χ4n) is 0.871. The average Bonchev–Trinajstić information content (AvgIpc) is 2.04. The van der Waals surface area contributed by atoms with Gasteiger partial charge < -0.3 is 14.6 Å². The van der Waals surface area contributed by atoms with E-state index in [2.05, 4.69) is 0 Å². The largest absolute Gasteiger partial charge is 0.396 e. The van der Waals surface area contributed by atoms with Crippen molar-refractivity contribution in [1.29, 1.82) is 0 Å². The van der Waals surface area contributed by atoms with Crippen LogP contribution in [0.2, 0.25) is 0 Å². The maximum Gasteiger partial charge on any atom is 0.155 e. The summed E-state index contributed by atoms with van der Waals surface area (Å²) < 4.78 is 10.5. The van der Waals surface area contributed by atoms with Crippen molar-refractivity contribution < 1.29 is 14.6 Å². The van der Waals surface area contributed by atoms with Crippen molar-refractivity contribution in [2.45, 2.75) is 32.7 Å². The molecule has 0 heterocycles. The Morgan fingerprint density at radius 3 is 2.58 bits per heavy atom. The lowest BCUT2D eigenvalue weighted by molar-refractivity contribution is -0.154. The summed E-state index contributed by atoms with van der Waals surface area (Å²) in [4.78, 5) is 0. The molecular formula is C8H17ClO3. The van der Waals surface area contributed by atoms with Crippen LogP contribution in [0.1, 0.15) is 20.3 Å². The molecule has 0 amide bonds. The number of aliphatic hydroxyl groups is 1. The first-order valence-electron chi connectivity index (χ1n) is 4.18. The van der Waals surface area contributed by atoms with Gasteiger partial charge in [0.05, 0.1) is 6.10 Å². The minimum Gasteiger partial charge on any atom is -0.396 e. The third-order valence-corrected chi connectivity index (χ3v) is 1.75. The molecule has 0 aromatic heterocycles. The molecule has 0 aromatic rings. The summed E-state index contributed by atoms with van der Waals surface area (Å²) in [6, 6.07) is 0. The number of ether oxygens (including phenoxy) is 2. The van der Waals surface area contributed by atoms with E-state index in [9.17, 15) is 0 Å². The third-order valence-electron chi connectivity index (χ3n) is 1.41. The van der Waals surface area contributed by atoms with Crippen molar-refractivity contribution in [3.05, 3.63) is 0 Å². The van der Waals surface area contributed by atoms with E-state index in [0.29, 0.717) is 18.9 Å². The van der Waals surface area contributed by atoms with Crippen molar-refractivity contribution in [3.8, 4) is 0 Å². The molecule has 0 bridgehead atoms. The molecule has 0 saturated heterocycles. The van der Waals surface area contributed by atoms with Gasteiger partial charge in [0.1, 0.15) is 0 Å². The maximum atomic E-state index is 8.63. The van der Waals surface area contributed by atoms with Crippen molar-refractivity contribution in [2.24, 2.45) is 0 Å². The van der Waals surface area contributed by atoms with Crippen molar-refractivity contribution in [1.82, 2.24) is 0 Å². The average molecular weight is 197 g/mol. The van der Waals surface area contributed by atoms with Gasteiger partial charge in [0.15, 0.2) is 6.29 Å². The highest BCUT2D eigenvalue weighted by Gasteiger charge is 2.11. The minimum absolute atomic E-state index is 0.0935. The summed E-state index contributed by atoms with van der Waals surface area (Å²) in [7, 11) is 0. The zero-order chi connectivity index (χ0) is 9.40. The Labute approximate surface area is 78.6 Å². The van der Waals surface area contributed by atoms with Crippen LogP contribution in [-0.4, -0.2) is 36.6 Å². The lowest BCUT2D eigenvalue weighted by Crippen LogP contribution is -2.24. The van der Waals surface area contributed by atoms with Gasteiger partial charge in [-0.1, -0.05) is 0 Å². The fraction of sp³-hybridized carbons (Fsp3) is 1.00. The summed E-state index contributed by atoms with van der Waals surface area (Å²) in [5.41, 5.74) is 0. The molecule has 3 nitrogen and oxygen atoms in total. The van der Waals surface area contributed by atoms with Crippen LogP contribution in [0.4, 0.5) is 0 Å². The second-order valence-electron chi connectivity index (χ2n) is 2.45. The second kappa shape index (κ2) is 7.80. The molecule has 1 N–H and O–H groups in total. The van der Waals surface area contributed by atoms with Gasteiger partial charge in [-0.15, -0.1) is 11.6 Å². The lowest BCUT2D eigenvalue weighted by atomic mass is 10.3. The van der Waals surface area contributed by atoms with Crippen LogP contribution in [0, 0.1) is 0 Å². The van der Waals surface area contributed by atoms with Gasteiger partial charge in [-0.3, -0.25) is 0 Å². The Morgan fingerprint density at radius 1 is 1.50 bits per heavy atom. The molecular weight excluding hydrogens is 180 g/mol. The predicted molar refractivity (Wildman–Crippen MR) is 48.4 cm³/mol.